The SMILES string of the molecule is CCCNC1CCC(c2ccccc2)CC1OCCOC. The van der Waals surface area contributed by atoms with Crippen molar-refractivity contribution in [2.75, 3.05) is 26.9 Å². The lowest BCUT2D eigenvalue weighted by Crippen LogP contribution is -2.45. The van der Waals surface area contributed by atoms with Gasteiger partial charge in [0.1, 0.15) is 0 Å². The molecule has 1 aromatic rings. The summed E-state index contributed by atoms with van der Waals surface area (Å²) in [4.78, 5) is 0. The molecule has 1 saturated carbocycles. The van der Waals surface area contributed by atoms with E-state index in [0.717, 1.165) is 13.0 Å². The summed E-state index contributed by atoms with van der Waals surface area (Å²) in [6, 6.07) is 11.3. The highest BCUT2D eigenvalue weighted by molar-refractivity contribution is 5.20. The molecule has 0 saturated heterocycles. The van der Waals surface area contributed by atoms with Crippen LogP contribution in [-0.4, -0.2) is 39.0 Å². The largest absolute Gasteiger partial charge is 0.382 e. The highest BCUT2D eigenvalue weighted by Crippen LogP contribution is 2.34. The number of ether oxygens (including phenoxy) is 2. The molecule has 3 nitrogen and oxygen atoms in total. The Morgan fingerprint density at radius 2 is 1.95 bits per heavy atom. The summed E-state index contributed by atoms with van der Waals surface area (Å²) in [6.45, 7) is 4.65. The molecule has 0 radical (unpaired) electrons. The van der Waals surface area contributed by atoms with Crippen molar-refractivity contribution in [3.8, 4) is 0 Å². The molecule has 1 N–H and O–H groups in total. The number of rotatable bonds is 8. The topological polar surface area (TPSA) is 30.5 Å². The fourth-order valence-corrected chi connectivity index (χ4v) is 3.19. The number of hydrogen-bond donors (Lipinski definition) is 1. The second-order valence-electron chi connectivity index (χ2n) is 5.88. The molecule has 0 heterocycles. The Labute approximate surface area is 129 Å². The summed E-state index contributed by atoms with van der Waals surface area (Å²) >= 11 is 0. The number of methoxy groups -OCH3 is 1. The van der Waals surface area contributed by atoms with Crippen molar-refractivity contribution >= 4 is 0 Å². The number of benzene rings is 1. The van der Waals surface area contributed by atoms with Crippen molar-refractivity contribution in [2.24, 2.45) is 0 Å². The third kappa shape index (κ3) is 5.10. The first-order chi connectivity index (χ1) is 10.3. The van der Waals surface area contributed by atoms with E-state index >= 15 is 0 Å². The zero-order chi connectivity index (χ0) is 14.9. The van der Waals surface area contributed by atoms with Gasteiger partial charge in [0.2, 0.25) is 0 Å². The van der Waals surface area contributed by atoms with Crippen LogP contribution in [0.1, 0.15) is 44.1 Å². The van der Waals surface area contributed by atoms with Gasteiger partial charge in [-0.1, -0.05) is 37.3 Å². The standard InChI is InChI=1S/C18H29NO2/c1-3-11-19-17-10-9-16(15-7-5-4-6-8-15)14-18(17)21-13-12-20-2/h4-8,16-19H,3,9-14H2,1-2H3. The van der Waals surface area contributed by atoms with Gasteiger partial charge in [0, 0.05) is 13.2 Å². The van der Waals surface area contributed by atoms with Gasteiger partial charge in [-0.05, 0) is 43.7 Å². The molecule has 0 aromatic heterocycles. The molecule has 3 heteroatoms. The van der Waals surface area contributed by atoms with Gasteiger partial charge in [0.15, 0.2) is 0 Å². The van der Waals surface area contributed by atoms with Gasteiger partial charge in [0.25, 0.3) is 0 Å². The van der Waals surface area contributed by atoms with Gasteiger partial charge in [-0.25, -0.2) is 0 Å². The van der Waals surface area contributed by atoms with Crippen LogP contribution < -0.4 is 5.32 Å². The minimum Gasteiger partial charge on any atom is -0.382 e. The van der Waals surface area contributed by atoms with E-state index in [4.69, 9.17) is 9.47 Å². The van der Waals surface area contributed by atoms with Crippen LogP contribution in [0, 0.1) is 0 Å². The lowest BCUT2D eigenvalue weighted by atomic mass is 9.80. The van der Waals surface area contributed by atoms with Gasteiger partial charge >= 0.3 is 0 Å². The number of nitrogens with one attached hydrogen (secondary N) is 1. The van der Waals surface area contributed by atoms with E-state index in [1.165, 1.54) is 24.8 Å². The predicted octanol–water partition coefficient (Wildman–Crippen LogP) is 3.35. The van der Waals surface area contributed by atoms with E-state index in [2.05, 4.69) is 42.6 Å². The molecular formula is C18H29NO2. The predicted molar refractivity (Wildman–Crippen MR) is 86.7 cm³/mol. The van der Waals surface area contributed by atoms with E-state index < -0.39 is 0 Å². The van der Waals surface area contributed by atoms with Crippen molar-refractivity contribution in [1.82, 2.24) is 5.32 Å². The molecule has 1 fully saturated rings. The molecular weight excluding hydrogens is 262 g/mol. The molecule has 2 rings (SSSR count). The Morgan fingerprint density at radius 1 is 1.14 bits per heavy atom. The summed E-state index contributed by atoms with van der Waals surface area (Å²) in [5.74, 6) is 0.624. The van der Waals surface area contributed by atoms with E-state index in [9.17, 15) is 0 Å². The van der Waals surface area contributed by atoms with Crippen molar-refractivity contribution in [3.63, 3.8) is 0 Å². The Bertz CT molecular complexity index is 382. The highest BCUT2D eigenvalue weighted by Gasteiger charge is 2.31. The summed E-state index contributed by atoms with van der Waals surface area (Å²) in [5, 5.41) is 3.65. The van der Waals surface area contributed by atoms with Crippen LogP contribution in [0.15, 0.2) is 30.3 Å². The Hall–Kier alpha value is -0.900. The summed E-state index contributed by atoms with van der Waals surface area (Å²) in [7, 11) is 1.73. The molecule has 0 aliphatic heterocycles. The maximum Gasteiger partial charge on any atom is 0.0735 e. The van der Waals surface area contributed by atoms with Crippen LogP contribution in [0.4, 0.5) is 0 Å². The third-order valence-electron chi connectivity index (χ3n) is 4.34. The molecule has 3 unspecified atom stereocenters. The monoisotopic (exact) mass is 291 g/mol. The van der Waals surface area contributed by atoms with E-state index in [1.807, 2.05) is 0 Å². The van der Waals surface area contributed by atoms with E-state index in [0.29, 0.717) is 31.3 Å². The smallest absolute Gasteiger partial charge is 0.0735 e. The van der Waals surface area contributed by atoms with Crippen molar-refractivity contribution < 1.29 is 9.47 Å². The number of hydrogen-bond acceptors (Lipinski definition) is 3. The lowest BCUT2D eigenvalue weighted by Gasteiger charge is -2.37. The van der Waals surface area contributed by atoms with Crippen molar-refractivity contribution in [1.29, 1.82) is 0 Å². The highest BCUT2D eigenvalue weighted by atomic mass is 16.5. The maximum atomic E-state index is 6.10. The van der Waals surface area contributed by atoms with Crippen LogP contribution >= 0.6 is 0 Å². The van der Waals surface area contributed by atoms with E-state index in [-0.39, 0.29) is 0 Å². The Balaban J connectivity index is 1.94. The van der Waals surface area contributed by atoms with Gasteiger partial charge in [-0.15, -0.1) is 0 Å². The Morgan fingerprint density at radius 3 is 2.67 bits per heavy atom. The van der Waals surface area contributed by atoms with Gasteiger partial charge in [-0.3, -0.25) is 0 Å². The molecule has 1 aromatic carbocycles. The Kier molecular flexibility index (Phi) is 7.20. The van der Waals surface area contributed by atoms with Gasteiger partial charge in [-0.2, -0.15) is 0 Å². The molecule has 21 heavy (non-hydrogen) atoms. The van der Waals surface area contributed by atoms with Crippen LogP contribution in [0.2, 0.25) is 0 Å². The lowest BCUT2D eigenvalue weighted by molar-refractivity contribution is -0.0220. The van der Waals surface area contributed by atoms with Crippen LogP contribution in [0.3, 0.4) is 0 Å². The van der Waals surface area contributed by atoms with Crippen LogP contribution in [-0.2, 0) is 9.47 Å². The normalized spacial score (nSPS) is 25.9. The molecule has 0 amide bonds. The first kappa shape index (κ1) is 16.5. The fraction of sp³-hybridized carbons (Fsp3) is 0.667. The van der Waals surface area contributed by atoms with Gasteiger partial charge in [0.05, 0.1) is 19.3 Å². The van der Waals surface area contributed by atoms with Crippen LogP contribution in [0.5, 0.6) is 0 Å². The van der Waals surface area contributed by atoms with Gasteiger partial charge < -0.3 is 14.8 Å². The second-order valence-corrected chi connectivity index (χ2v) is 5.88. The second kappa shape index (κ2) is 9.19. The molecule has 1 aliphatic carbocycles. The zero-order valence-corrected chi connectivity index (χ0v) is 13.4. The molecule has 0 spiro atoms. The van der Waals surface area contributed by atoms with Crippen LogP contribution in [0.25, 0.3) is 0 Å². The van der Waals surface area contributed by atoms with Crippen molar-refractivity contribution in [2.45, 2.75) is 50.7 Å². The molecule has 3 atom stereocenters. The minimum atomic E-state index is 0.297. The average molecular weight is 291 g/mol. The molecule has 1 aliphatic rings. The first-order valence-corrected chi connectivity index (χ1v) is 8.24. The third-order valence-corrected chi connectivity index (χ3v) is 4.34. The fourth-order valence-electron chi connectivity index (χ4n) is 3.19. The van der Waals surface area contributed by atoms with E-state index in [1.54, 1.807) is 7.11 Å². The quantitative estimate of drug-likeness (QED) is 0.745. The first-order valence-electron chi connectivity index (χ1n) is 8.24. The minimum absolute atomic E-state index is 0.297. The average Bonchev–Trinajstić information content (AvgIpc) is 2.54. The van der Waals surface area contributed by atoms with Crippen molar-refractivity contribution in [3.05, 3.63) is 35.9 Å². The molecule has 118 valence electrons. The summed E-state index contributed by atoms with van der Waals surface area (Å²) in [6.07, 6.45) is 5.01. The maximum absolute atomic E-state index is 6.10. The molecule has 0 bridgehead atoms. The summed E-state index contributed by atoms with van der Waals surface area (Å²) in [5.41, 5.74) is 1.45. The zero-order valence-electron chi connectivity index (χ0n) is 13.4. The summed E-state index contributed by atoms with van der Waals surface area (Å²) < 4.78 is 11.2.